The van der Waals surface area contributed by atoms with E-state index in [1.54, 1.807) is 0 Å². The van der Waals surface area contributed by atoms with Gasteiger partial charge in [0.05, 0.1) is 6.54 Å². The molecule has 0 unspecified atom stereocenters. The van der Waals surface area contributed by atoms with Gasteiger partial charge in [-0.2, -0.15) is 0 Å². The minimum absolute atomic E-state index is 0.0470. The largest absolute Gasteiger partial charge is 0.340 e. The van der Waals surface area contributed by atoms with Crippen LogP contribution in [0, 0.1) is 0 Å². The van der Waals surface area contributed by atoms with Crippen LogP contribution < -0.4 is 5.32 Å². The standard InChI is InChI=1S/C15H24N2O2/c18-13-11-17(12-7-3-1-2-4-8-12)14(19)15(16-13)9-5-6-10-15/h12H,1-11H2,(H,16,18). The lowest BCUT2D eigenvalue weighted by molar-refractivity contribution is -0.152. The zero-order valence-electron chi connectivity index (χ0n) is 11.6. The van der Waals surface area contributed by atoms with Crippen LogP contribution >= 0.6 is 0 Å². The number of hydrogen-bond acceptors (Lipinski definition) is 2. The summed E-state index contributed by atoms with van der Waals surface area (Å²) in [7, 11) is 0. The lowest BCUT2D eigenvalue weighted by Crippen LogP contribution is -2.67. The van der Waals surface area contributed by atoms with Crippen LogP contribution in [0.15, 0.2) is 0 Å². The fourth-order valence-corrected chi connectivity index (χ4v) is 4.04. The van der Waals surface area contributed by atoms with E-state index in [2.05, 4.69) is 5.32 Å². The molecule has 1 aliphatic heterocycles. The number of carbonyl (C=O) groups excluding carboxylic acids is 2. The molecule has 4 nitrogen and oxygen atoms in total. The number of carbonyl (C=O) groups is 2. The topological polar surface area (TPSA) is 49.4 Å². The van der Waals surface area contributed by atoms with Crippen LogP contribution in [0.5, 0.6) is 0 Å². The zero-order valence-corrected chi connectivity index (χ0v) is 11.6. The van der Waals surface area contributed by atoms with Crippen LogP contribution in [0.3, 0.4) is 0 Å². The maximum atomic E-state index is 12.8. The monoisotopic (exact) mass is 264 g/mol. The van der Waals surface area contributed by atoms with E-state index in [9.17, 15) is 9.59 Å². The van der Waals surface area contributed by atoms with Gasteiger partial charge in [0.1, 0.15) is 5.54 Å². The maximum absolute atomic E-state index is 12.8. The molecule has 106 valence electrons. The first-order valence-electron chi connectivity index (χ1n) is 7.83. The van der Waals surface area contributed by atoms with E-state index in [-0.39, 0.29) is 18.4 Å². The minimum Gasteiger partial charge on any atom is -0.340 e. The third kappa shape index (κ3) is 2.37. The molecule has 3 fully saturated rings. The van der Waals surface area contributed by atoms with Crippen LogP contribution in [-0.2, 0) is 9.59 Å². The Hall–Kier alpha value is -1.06. The van der Waals surface area contributed by atoms with Crippen molar-refractivity contribution in [2.45, 2.75) is 75.8 Å². The van der Waals surface area contributed by atoms with Crippen molar-refractivity contribution in [3.05, 3.63) is 0 Å². The van der Waals surface area contributed by atoms with Gasteiger partial charge in [0.2, 0.25) is 11.8 Å². The summed E-state index contributed by atoms with van der Waals surface area (Å²) in [6, 6.07) is 0.304. The van der Waals surface area contributed by atoms with Gasteiger partial charge in [-0.1, -0.05) is 38.5 Å². The maximum Gasteiger partial charge on any atom is 0.249 e. The number of rotatable bonds is 1. The molecule has 1 N–H and O–H groups in total. The van der Waals surface area contributed by atoms with Crippen molar-refractivity contribution >= 4 is 11.8 Å². The predicted molar refractivity (Wildman–Crippen MR) is 72.5 cm³/mol. The van der Waals surface area contributed by atoms with Gasteiger partial charge in [-0.15, -0.1) is 0 Å². The van der Waals surface area contributed by atoms with Crippen molar-refractivity contribution in [3.8, 4) is 0 Å². The van der Waals surface area contributed by atoms with Crippen molar-refractivity contribution in [1.29, 1.82) is 0 Å². The van der Waals surface area contributed by atoms with Gasteiger partial charge in [0, 0.05) is 6.04 Å². The predicted octanol–water partition coefficient (Wildman–Crippen LogP) is 1.98. The van der Waals surface area contributed by atoms with Gasteiger partial charge in [-0.3, -0.25) is 9.59 Å². The first-order valence-corrected chi connectivity index (χ1v) is 7.83. The molecule has 1 saturated heterocycles. The van der Waals surface area contributed by atoms with Gasteiger partial charge in [-0.25, -0.2) is 0 Å². The molecule has 0 aromatic carbocycles. The molecule has 3 rings (SSSR count). The van der Waals surface area contributed by atoms with Crippen LogP contribution in [0.4, 0.5) is 0 Å². The van der Waals surface area contributed by atoms with Crippen LogP contribution in [0.1, 0.15) is 64.2 Å². The summed E-state index contributed by atoms with van der Waals surface area (Å²) < 4.78 is 0. The summed E-state index contributed by atoms with van der Waals surface area (Å²) in [4.78, 5) is 26.7. The first kappa shape index (κ1) is 12.9. The molecule has 19 heavy (non-hydrogen) atoms. The number of nitrogens with zero attached hydrogens (tertiary/aromatic N) is 1. The molecule has 0 aromatic heterocycles. The second-order valence-corrected chi connectivity index (χ2v) is 6.42. The average Bonchev–Trinajstić information content (AvgIpc) is 2.69. The second kappa shape index (κ2) is 5.14. The fraction of sp³-hybridized carbons (Fsp3) is 0.867. The number of hydrogen-bond donors (Lipinski definition) is 1. The average molecular weight is 264 g/mol. The van der Waals surface area contributed by atoms with E-state index >= 15 is 0 Å². The first-order chi connectivity index (χ1) is 9.21. The normalized spacial score (nSPS) is 28.5. The summed E-state index contributed by atoms with van der Waals surface area (Å²) in [6.07, 6.45) is 10.9. The molecule has 2 saturated carbocycles. The lowest BCUT2D eigenvalue weighted by Gasteiger charge is -2.43. The number of nitrogens with one attached hydrogen (secondary N) is 1. The highest BCUT2D eigenvalue weighted by atomic mass is 16.2. The van der Waals surface area contributed by atoms with Gasteiger partial charge in [-0.05, 0) is 25.7 Å². The third-order valence-corrected chi connectivity index (χ3v) is 5.09. The van der Waals surface area contributed by atoms with Gasteiger partial charge >= 0.3 is 0 Å². The molecule has 2 aliphatic carbocycles. The van der Waals surface area contributed by atoms with Crippen molar-refractivity contribution in [1.82, 2.24) is 10.2 Å². The molecule has 1 spiro atoms. The smallest absolute Gasteiger partial charge is 0.249 e. The Kier molecular flexibility index (Phi) is 3.50. The van der Waals surface area contributed by atoms with E-state index in [0.717, 1.165) is 38.5 Å². The Labute approximate surface area is 114 Å². The molecule has 2 amide bonds. The highest BCUT2D eigenvalue weighted by Crippen LogP contribution is 2.35. The second-order valence-electron chi connectivity index (χ2n) is 6.42. The van der Waals surface area contributed by atoms with Gasteiger partial charge < -0.3 is 10.2 Å². The van der Waals surface area contributed by atoms with E-state index in [1.165, 1.54) is 25.7 Å². The van der Waals surface area contributed by atoms with Crippen molar-refractivity contribution in [2.75, 3.05) is 6.54 Å². The summed E-state index contributed by atoms with van der Waals surface area (Å²) >= 11 is 0. The summed E-state index contributed by atoms with van der Waals surface area (Å²) in [5, 5.41) is 3.00. The molecular weight excluding hydrogens is 240 g/mol. The molecule has 3 aliphatic rings. The zero-order chi connectivity index (χ0) is 13.3. The van der Waals surface area contributed by atoms with Crippen molar-refractivity contribution < 1.29 is 9.59 Å². The Morgan fingerprint density at radius 3 is 2.21 bits per heavy atom. The molecule has 0 bridgehead atoms. The molecule has 4 heteroatoms. The fourth-order valence-electron chi connectivity index (χ4n) is 4.04. The molecule has 0 radical (unpaired) electrons. The van der Waals surface area contributed by atoms with Crippen molar-refractivity contribution in [2.24, 2.45) is 0 Å². The molecule has 0 aromatic rings. The molecular formula is C15H24N2O2. The minimum atomic E-state index is -0.540. The lowest BCUT2D eigenvalue weighted by atomic mass is 9.91. The SMILES string of the molecule is O=C1CN(C2CCCCCC2)C(=O)C2(CCCC2)N1. The summed E-state index contributed by atoms with van der Waals surface area (Å²) in [5.74, 6) is 0.252. The van der Waals surface area contributed by atoms with Crippen LogP contribution in [0.25, 0.3) is 0 Å². The van der Waals surface area contributed by atoms with Crippen LogP contribution in [0.2, 0.25) is 0 Å². The summed E-state index contributed by atoms with van der Waals surface area (Å²) in [6.45, 7) is 0.283. The molecule has 0 atom stereocenters. The van der Waals surface area contributed by atoms with E-state index in [0.29, 0.717) is 6.04 Å². The molecule has 1 heterocycles. The van der Waals surface area contributed by atoms with Crippen LogP contribution in [-0.4, -0.2) is 34.8 Å². The Balaban J connectivity index is 1.79. The van der Waals surface area contributed by atoms with Crippen molar-refractivity contribution in [3.63, 3.8) is 0 Å². The van der Waals surface area contributed by atoms with E-state index < -0.39 is 5.54 Å². The highest BCUT2D eigenvalue weighted by Gasteiger charge is 2.49. The Morgan fingerprint density at radius 1 is 0.947 bits per heavy atom. The summed E-state index contributed by atoms with van der Waals surface area (Å²) in [5.41, 5.74) is -0.540. The number of amides is 2. The number of piperazine rings is 1. The highest BCUT2D eigenvalue weighted by molar-refractivity contribution is 5.98. The van der Waals surface area contributed by atoms with E-state index in [1.807, 2.05) is 4.90 Å². The van der Waals surface area contributed by atoms with Gasteiger partial charge in [0.15, 0.2) is 0 Å². The van der Waals surface area contributed by atoms with Gasteiger partial charge in [0.25, 0.3) is 0 Å². The quantitative estimate of drug-likeness (QED) is 0.736. The van der Waals surface area contributed by atoms with E-state index in [4.69, 9.17) is 0 Å². The Bertz CT molecular complexity index is 366. The Morgan fingerprint density at radius 2 is 1.58 bits per heavy atom. The third-order valence-electron chi connectivity index (χ3n) is 5.09.